The van der Waals surface area contributed by atoms with Crippen molar-refractivity contribution in [1.29, 1.82) is 5.41 Å². The summed E-state index contributed by atoms with van der Waals surface area (Å²) >= 11 is 0. The zero-order valence-electron chi connectivity index (χ0n) is 18.6. The van der Waals surface area contributed by atoms with Crippen molar-refractivity contribution in [2.75, 3.05) is 17.6 Å². The van der Waals surface area contributed by atoms with Crippen molar-refractivity contribution in [3.05, 3.63) is 76.7 Å². The molecule has 2 aromatic heterocycles. The van der Waals surface area contributed by atoms with Crippen LogP contribution in [0.4, 0.5) is 20.4 Å². The number of H-pyrrole nitrogens is 1. The Kier molecular flexibility index (Phi) is 6.39. The summed E-state index contributed by atoms with van der Waals surface area (Å²) in [6.07, 6.45) is 1.36. The molecule has 172 valence electrons. The topological polar surface area (TPSA) is 108 Å². The van der Waals surface area contributed by atoms with Crippen LogP contribution in [0.3, 0.4) is 0 Å². The lowest BCUT2D eigenvalue weighted by Gasteiger charge is -2.12. The largest absolute Gasteiger partial charge is 0.385 e. The first kappa shape index (κ1) is 22.4. The number of hydrogen-bond donors (Lipinski definition) is 4. The smallest absolute Gasteiger partial charge is 0.263 e. The second-order valence-electron chi connectivity index (χ2n) is 8.28. The minimum absolute atomic E-state index is 0.0814. The molecule has 0 saturated heterocycles. The second kappa shape index (κ2) is 9.40. The van der Waals surface area contributed by atoms with Gasteiger partial charge in [0.1, 0.15) is 11.6 Å². The fourth-order valence-corrected chi connectivity index (χ4v) is 3.54. The molecule has 0 amide bonds. The lowest BCUT2D eigenvalue weighted by molar-refractivity contribution is 0.151. The number of nitrogens with two attached hydrogens (primary N) is 1. The van der Waals surface area contributed by atoms with Gasteiger partial charge in [0, 0.05) is 41.2 Å². The maximum Gasteiger partial charge on any atom is 0.263 e. The highest BCUT2D eigenvalue weighted by Crippen LogP contribution is 2.29. The number of alkyl halides is 2. The summed E-state index contributed by atoms with van der Waals surface area (Å²) in [7, 11) is 0. The summed E-state index contributed by atoms with van der Waals surface area (Å²) in [4.78, 5) is 7.70. The number of hydrogen-bond acceptors (Lipinski definition) is 5. The number of halogens is 2. The molecule has 0 spiro atoms. The molecule has 1 fully saturated rings. The van der Waals surface area contributed by atoms with Gasteiger partial charge < -0.3 is 16.0 Å². The fraction of sp³-hybridized carbons (Fsp3) is 0.292. The Morgan fingerprint density at radius 2 is 1.94 bits per heavy atom. The summed E-state index contributed by atoms with van der Waals surface area (Å²) in [5, 5.41) is 16.6. The highest BCUT2D eigenvalue weighted by Gasteiger charge is 2.21. The molecule has 7 nitrogen and oxygen atoms in total. The number of nitrogens with zero attached hydrogens (tertiary/aromatic N) is 3. The Morgan fingerprint density at radius 1 is 1.21 bits per heavy atom. The van der Waals surface area contributed by atoms with Crippen molar-refractivity contribution in [2.24, 2.45) is 5.92 Å². The van der Waals surface area contributed by atoms with Gasteiger partial charge >= 0.3 is 0 Å². The molecule has 33 heavy (non-hydrogen) atoms. The molecule has 0 aliphatic heterocycles. The van der Waals surface area contributed by atoms with Gasteiger partial charge in [-0.1, -0.05) is 24.3 Å². The van der Waals surface area contributed by atoms with E-state index in [4.69, 9.17) is 11.1 Å². The van der Waals surface area contributed by atoms with Crippen LogP contribution < -0.4 is 11.1 Å². The molecule has 0 atom stereocenters. The SMILES string of the molecule is Cc1cc(C)n(-c2cc(N)[nH]c(NCC3CC3)c(C(=N)c3ccc(C(F)F)cc3)ccn2)n1. The number of nitrogen functional groups attached to an aromatic ring is 1. The molecule has 9 heteroatoms. The number of aryl methyl sites for hydroxylation is 2. The molecule has 4 rings (SSSR count). The van der Waals surface area contributed by atoms with Gasteiger partial charge in [0.05, 0.1) is 11.4 Å². The minimum Gasteiger partial charge on any atom is -0.385 e. The number of anilines is 2. The molecular formula is C24H27F2N7. The molecule has 0 unspecified atom stereocenters. The summed E-state index contributed by atoms with van der Waals surface area (Å²) in [6.45, 7) is 4.58. The zero-order chi connectivity index (χ0) is 23.5. The molecule has 1 saturated carbocycles. The van der Waals surface area contributed by atoms with Gasteiger partial charge in [-0.3, -0.25) is 5.41 Å². The van der Waals surface area contributed by atoms with E-state index in [0.717, 1.165) is 30.8 Å². The predicted molar refractivity (Wildman–Crippen MR) is 126 cm³/mol. The van der Waals surface area contributed by atoms with Gasteiger partial charge in [-0.05, 0) is 44.7 Å². The standard InChI is InChI=1S/C24H27F2N7/c1-14-11-15(2)33(32-14)21-12-20(27)31-24(30-13-16-3-4-16)19(9-10-29-21)22(28)17-5-7-18(8-6-17)23(25)26/h5-12,16,23,28,30-31H,3-4,13,27H2,1-2H3. The molecule has 0 bridgehead atoms. The maximum atomic E-state index is 13.0. The van der Waals surface area contributed by atoms with E-state index < -0.39 is 6.43 Å². The molecule has 1 aromatic carbocycles. The number of benzene rings is 1. The Morgan fingerprint density at radius 3 is 2.55 bits per heavy atom. The van der Waals surface area contributed by atoms with Crippen LogP contribution in [0.5, 0.6) is 0 Å². The lowest BCUT2D eigenvalue weighted by atomic mass is 10.0. The Bertz CT molecular complexity index is 1210. The predicted octanol–water partition coefficient (Wildman–Crippen LogP) is 5.09. The van der Waals surface area contributed by atoms with Gasteiger partial charge in [-0.25, -0.2) is 18.4 Å². The Hall–Kier alpha value is -3.75. The van der Waals surface area contributed by atoms with Gasteiger partial charge in [0.2, 0.25) is 0 Å². The number of nitrogens with one attached hydrogen (secondary N) is 3. The van der Waals surface area contributed by atoms with Crippen LogP contribution in [0.1, 0.15) is 47.3 Å². The highest BCUT2D eigenvalue weighted by molar-refractivity contribution is 6.13. The van der Waals surface area contributed by atoms with Crippen LogP contribution in [0, 0.1) is 25.2 Å². The van der Waals surface area contributed by atoms with Crippen LogP contribution in [-0.2, 0) is 0 Å². The third-order valence-electron chi connectivity index (χ3n) is 5.48. The van der Waals surface area contributed by atoms with Crippen LogP contribution in [-0.4, -0.2) is 32.0 Å². The van der Waals surface area contributed by atoms with Gasteiger partial charge in [0.15, 0.2) is 5.82 Å². The van der Waals surface area contributed by atoms with Gasteiger partial charge in [-0.15, -0.1) is 0 Å². The van der Waals surface area contributed by atoms with E-state index >= 15 is 0 Å². The van der Waals surface area contributed by atoms with E-state index in [1.54, 1.807) is 23.0 Å². The van der Waals surface area contributed by atoms with Gasteiger partial charge in [-0.2, -0.15) is 5.10 Å². The summed E-state index contributed by atoms with van der Waals surface area (Å²) in [5.41, 5.74) is 9.18. The van der Waals surface area contributed by atoms with E-state index in [1.165, 1.54) is 24.3 Å². The van der Waals surface area contributed by atoms with Crippen molar-refractivity contribution < 1.29 is 8.78 Å². The van der Waals surface area contributed by atoms with E-state index in [9.17, 15) is 8.78 Å². The molecule has 3 aromatic rings. The highest BCUT2D eigenvalue weighted by atomic mass is 19.3. The summed E-state index contributed by atoms with van der Waals surface area (Å²) in [5.74, 6) is 2.02. The number of aromatic nitrogens is 4. The Labute approximate surface area is 190 Å². The average molecular weight is 452 g/mol. The fourth-order valence-electron chi connectivity index (χ4n) is 3.54. The van der Waals surface area contributed by atoms with Crippen LogP contribution in [0.25, 0.3) is 5.82 Å². The summed E-state index contributed by atoms with van der Waals surface area (Å²) in [6, 6.07) is 11.1. The third-order valence-corrected chi connectivity index (χ3v) is 5.48. The van der Waals surface area contributed by atoms with Crippen molar-refractivity contribution in [3.63, 3.8) is 0 Å². The molecular weight excluding hydrogens is 424 g/mol. The monoisotopic (exact) mass is 451 g/mol. The quantitative estimate of drug-likeness (QED) is 0.375. The molecule has 2 heterocycles. The van der Waals surface area contributed by atoms with Crippen LogP contribution in [0.2, 0.25) is 0 Å². The third kappa shape index (κ3) is 5.36. The van der Waals surface area contributed by atoms with Crippen LogP contribution in [0.15, 0.2) is 48.7 Å². The lowest BCUT2D eigenvalue weighted by Crippen LogP contribution is -2.11. The van der Waals surface area contributed by atoms with Crippen LogP contribution >= 0.6 is 0 Å². The summed E-state index contributed by atoms with van der Waals surface area (Å²) < 4.78 is 27.6. The van der Waals surface area contributed by atoms with Crippen molar-refractivity contribution >= 4 is 17.3 Å². The first-order chi connectivity index (χ1) is 15.8. The normalized spacial score (nSPS) is 13.1. The maximum absolute atomic E-state index is 13.0. The molecule has 1 aliphatic rings. The first-order valence-electron chi connectivity index (χ1n) is 10.8. The minimum atomic E-state index is -2.55. The van der Waals surface area contributed by atoms with E-state index in [0.29, 0.717) is 34.5 Å². The second-order valence-corrected chi connectivity index (χ2v) is 8.28. The van der Waals surface area contributed by atoms with E-state index in [1.807, 2.05) is 19.9 Å². The average Bonchev–Trinajstić information content (AvgIpc) is 3.54. The number of aromatic amines is 1. The van der Waals surface area contributed by atoms with E-state index in [2.05, 4.69) is 20.4 Å². The Balaban J connectivity index is 1.80. The zero-order valence-corrected chi connectivity index (χ0v) is 18.6. The first-order valence-corrected chi connectivity index (χ1v) is 10.8. The number of rotatable bonds is 7. The van der Waals surface area contributed by atoms with Crippen molar-refractivity contribution in [1.82, 2.24) is 19.7 Å². The van der Waals surface area contributed by atoms with Crippen molar-refractivity contribution in [3.8, 4) is 5.82 Å². The molecule has 1 aliphatic carbocycles. The van der Waals surface area contributed by atoms with Crippen molar-refractivity contribution in [2.45, 2.75) is 33.1 Å². The van der Waals surface area contributed by atoms with Gasteiger partial charge in [0.25, 0.3) is 6.43 Å². The molecule has 0 radical (unpaired) electrons. The molecule has 5 N–H and O–H groups in total. The van der Waals surface area contributed by atoms with E-state index in [-0.39, 0.29) is 11.3 Å².